The number of aromatic nitrogens is 3. The Balaban J connectivity index is 1.62. The first kappa shape index (κ1) is 19.7. The summed E-state index contributed by atoms with van der Waals surface area (Å²) in [6, 6.07) is 3.34. The number of amides is 1. The first-order valence-electron chi connectivity index (χ1n) is 8.44. The number of aryl methyl sites for hydroxylation is 1. The number of anilines is 1. The zero-order chi connectivity index (χ0) is 19.6. The Labute approximate surface area is 169 Å². The molecule has 0 aliphatic carbocycles. The number of thioether (sulfide) groups is 1. The predicted molar refractivity (Wildman–Crippen MR) is 107 cm³/mol. The molecule has 3 N–H and O–H groups in total. The number of nitrogens with zero attached hydrogens (tertiary/aromatic N) is 3. The summed E-state index contributed by atoms with van der Waals surface area (Å²) in [6.07, 6.45) is 3.33. The van der Waals surface area contributed by atoms with Crippen LogP contribution in [0.15, 0.2) is 21.8 Å². The molecular formula is C17H20BrN5O3S. The minimum atomic E-state index is -1.07. The van der Waals surface area contributed by atoms with E-state index in [-0.39, 0.29) is 17.6 Å². The smallest absolute Gasteiger partial charge is 0.354 e. The summed E-state index contributed by atoms with van der Waals surface area (Å²) in [6.45, 7) is 3.26. The van der Waals surface area contributed by atoms with Crippen molar-refractivity contribution in [3.8, 4) is 0 Å². The molecule has 3 heterocycles. The zero-order valence-electron chi connectivity index (χ0n) is 15.0. The van der Waals surface area contributed by atoms with Gasteiger partial charge in [0.2, 0.25) is 0 Å². The molecular weight excluding hydrogens is 434 g/mol. The summed E-state index contributed by atoms with van der Waals surface area (Å²) in [4.78, 5) is 37.1. The van der Waals surface area contributed by atoms with Gasteiger partial charge < -0.3 is 20.3 Å². The third-order valence-corrected chi connectivity index (χ3v) is 5.82. The van der Waals surface area contributed by atoms with Crippen molar-refractivity contribution in [1.29, 1.82) is 0 Å². The number of hydrogen-bond acceptors (Lipinski definition) is 6. The van der Waals surface area contributed by atoms with Crippen molar-refractivity contribution in [2.45, 2.75) is 31.0 Å². The number of carboxylic acids is 1. The molecule has 0 spiro atoms. The van der Waals surface area contributed by atoms with Crippen molar-refractivity contribution in [2.24, 2.45) is 0 Å². The van der Waals surface area contributed by atoms with Crippen LogP contribution in [0.25, 0.3) is 0 Å². The van der Waals surface area contributed by atoms with Crippen LogP contribution < -0.4 is 10.2 Å². The third kappa shape index (κ3) is 4.62. The number of aromatic amines is 1. The van der Waals surface area contributed by atoms with E-state index in [9.17, 15) is 14.7 Å². The summed E-state index contributed by atoms with van der Waals surface area (Å²) >= 11 is 4.71. The Morgan fingerprint density at radius 3 is 2.59 bits per heavy atom. The van der Waals surface area contributed by atoms with Crippen LogP contribution in [0.2, 0.25) is 0 Å². The van der Waals surface area contributed by atoms with E-state index in [1.165, 1.54) is 17.8 Å². The second kappa shape index (κ2) is 8.30. The lowest BCUT2D eigenvalue weighted by atomic mass is 10.0. The quantitative estimate of drug-likeness (QED) is 0.471. The Hall–Kier alpha value is -2.07. The highest BCUT2D eigenvalue weighted by Gasteiger charge is 2.24. The number of rotatable bonds is 5. The van der Waals surface area contributed by atoms with E-state index in [1.807, 2.05) is 18.1 Å². The fourth-order valence-corrected chi connectivity index (χ4v) is 3.65. The first-order chi connectivity index (χ1) is 12.9. The lowest BCUT2D eigenvalue weighted by Gasteiger charge is -2.33. The van der Waals surface area contributed by atoms with Gasteiger partial charge in [-0.1, -0.05) is 11.8 Å². The zero-order valence-corrected chi connectivity index (χ0v) is 17.4. The standard InChI is InChI=1S/C17H20BrN5O3S/c1-9-11(18)7-12(19-9)15(24)20-10-3-5-23(6-4-10)14-8-13(16(25)26)21-17(22-14)27-2/h7-8,10,19H,3-6H2,1-2H3,(H,20,24)(H,25,26). The van der Waals surface area contributed by atoms with Crippen LogP contribution in [0.3, 0.4) is 0 Å². The molecule has 2 aromatic heterocycles. The molecule has 0 radical (unpaired) electrons. The van der Waals surface area contributed by atoms with Crippen LogP contribution in [0, 0.1) is 6.92 Å². The summed E-state index contributed by atoms with van der Waals surface area (Å²) in [5, 5.41) is 12.7. The summed E-state index contributed by atoms with van der Waals surface area (Å²) in [7, 11) is 0. The highest BCUT2D eigenvalue weighted by molar-refractivity contribution is 9.10. The minimum absolute atomic E-state index is 0.00697. The molecule has 8 nitrogen and oxygen atoms in total. The van der Waals surface area contributed by atoms with Gasteiger partial charge in [0.25, 0.3) is 5.91 Å². The van der Waals surface area contributed by atoms with E-state index in [2.05, 4.69) is 36.2 Å². The number of aromatic carboxylic acids is 1. The number of hydrogen-bond donors (Lipinski definition) is 3. The molecule has 0 atom stereocenters. The van der Waals surface area contributed by atoms with E-state index >= 15 is 0 Å². The predicted octanol–water partition coefficient (Wildman–Crippen LogP) is 2.69. The van der Waals surface area contributed by atoms with Crippen molar-refractivity contribution in [2.75, 3.05) is 24.2 Å². The van der Waals surface area contributed by atoms with Gasteiger partial charge in [0.05, 0.1) is 0 Å². The molecule has 2 aromatic rings. The molecule has 1 amide bonds. The summed E-state index contributed by atoms with van der Waals surface area (Å²) < 4.78 is 0.880. The second-order valence-electron chi connectivity index (χ2n) is 6.29. The van der Waals surface area contributed by atoms with Crippen molar-refractivity contribution in [3.05, 3.63) is 33.7 Å². The minimum Gasteiger partial charge on any atom is -0.477 e. The van der Waals surface area contributed by atoms with Crippen LogP contribution in [0.5, 0.6) is 0 Å². The Morgan fingerprint density at radius 1 is 1.33 bits per heavy atom. The SMILES string of the molecule is CSc1nc(C(=O)O)cc(N2CCC(NC(=O)c3cc(Br)c(C)[nH]3)CC2)n1. The number of nitrogens with one attached hydrogen (secondary N) is 2. The molecule has 1 aliphatic rings. The van der Waals surface area contributed by atoms with Gasteiger partial charge >= 0.3 is 5.97 Å². The first-order valence-corrected chi connectivity index (χ1v) is 10.5. The Morgan fingerprint density at radius 2 is 2.04 bits per heavy atom. The van der Waals surface area contributed by atoms with Crippen LogP contribution in [0.4, 0.5) is 5.82 Å². The summed E-state index contributed by atoms with van der Waals surface area (Å²) in [5.74, 6) is -0.578. The lowest BCUT2D eigenvalue weighted by molar-refractivity contribution is 0.0689. The van der Waals surface area contributed by atoms with Gasteiger partial charge in [0.15, 0.2) is 10.9 Å². The van der Waals surface area contributed by atoms with Crippen molar-refractivity contribution in [3.63, 3.8) is 0 Å². The highest BCUT2D eigenvalue weighted by atomic mass is 79.9. The second-order valence-corrected chi connectivity index (χ2v) is 7.92. The largest absolute Gasteiger partial charge is 0.477 e. The third-order valence-electron chi connectivity index (χ3n) is 4.44. The Kier molecular flexibility index (Phi) is 6.05. The van der Waals surface area contributed by atoms with Crippen LogP contribution in [-0.4, -0.2) is 57.3 Å². The molecule has 27 heavy (non-hydrogen) atoms. The van der Waals surface area contributed by atoms with Crippen molar-refractivity contribution < 1.29 is 14.7 Å². The van der Waals surface area contributed by atoms with E-state index in [0.717, 1.165) is 23.0 Å². The topological polar surface area (TPSA) is 111 Å². The number of H-pyrrole nitrogens is 1. The van der Waals surface area contributed by atoms with Crippen LogP contribution in [-0.2, 0) is 0 Å². The molecule has 1 aliphatic heterocycles. The van der Waals surface area contributed by atoms with Gasteiger partial charge in [0.1, 0.15) is 11.5 Å². The number of carbonyl (C=O) groups is 2. The lowest BCUT2D eigenvalue weighted by Crippen LogP contribution is -2.45. The van der Waals surface area contributed by atoms with Crippen LogP contribution in [0.1, 0.15) is 39.5 Å². The number of carbonyl (C=O) groups excluding carboxylic acids is 1. The number of piperidine rings is 1. The molecule has 1 fully saturated rings. The Bertz CT molecular complexity index is 845. The fourth-order valence-electron chi connectivity index (χ4n) is 2.95. The van der Waals surface area contributed by atoms with Gasteiger partial charge in [-0.3, -0.25) is 4.79 Å². The maximum Gasteiger partial charge on any atom is 0.354 e. The molecule has 10 heteroatoms. The van der Waals surface area contributed by atoms with Crippen molar-refractivity contribution >= 4 is 45.4 Å². The number of carboxylic acid groups (broad SMARTS) is 1. The van der Waals surface area contributed by atoms with Gasteiger partial charge in [-0.25, -0.2) is 14.8 Å². The van der Waals surface area contributed by atoms with Gasteiger partial charge in [-0.05, 0) is 48.0 Å². The van der Waals surface area contributed by atoms with Gasteiger partial charge in [0, 0.05) is 35.4 Å². The molecule has 3 rings (SSSR count). The van der Waals surface area contributed by atoms with Gasteiger partial charge in [-0.2, -0.15) is 0 Å². The van der Waals surface area contributed by atoms with E-state index in [1.54, 1.807) is 6.07 Å². The maximum atomic E-state index is 12.4. The fraction of sp³-hybridized carbons (Fsp3) is 0.412. The molecule has 0 aromatic carbocycles. The van der Waals surface area contributed by atoms with E-state index in [4.69, 9.17) is 0 Å². The van der Waals surface area contributed by atoms with E-state index in [0.29, 0.717) is 29.8 Å². The normalized spacial score (nSPS) is 15.0. The molecule has 1 saturated heterocycles. The number of halogens is 1. The van der Waals surface area contributed by atoms with Crippen molar-refractivity contribution in [1.82, 2.24) is 20.3 Å². The van der Waals surface area contributed by atoms with Crippen LogP contribution >= 0.6 is 27.7 Å². The average Bonchev–Trinajstić information content (AvgIpc) is 3.00. The van der Waals surface area contributed by atoms with Gasteiger partial charge in [-0.15, -0.1) is 0 Å². The monoisotopic (exact) mass is 453 g/mol. The molecule has 0 saturated carbocycles. The highest BCUT2D eigenvalue weighted by Crippen LogP contribution is 2.22. The molecule has 0 bridgehead atoms. The average molecular weight is 454 g/mol. The molecule has 144 valence electrons. The molecule has 0 unspecified atom stereocenters. The van der Waals surface area contributed by atoms with E-state index < -0.39 is 5.97 Å². The summed E-state index contributed by atoms with van der Waals surface area (Å²) in [5.41, 5.74) is 1.44. The maximum absolute atomic E-state index is 12.4.